The van der Waals surface area contributed by atoms with Gasteiger partial charge < -0.3 is 0 Å². The molecular formula is C12H24N2. The largest absolute Gasteiger partial charge is 0.298 e. The van der Waals surface area contributed by atoms with Crippen molar-refractivity contribution in [2.24, 2.45) is 0 Å². The lowest BCUT2D eigenvalue weighted by Crippen LogP contribution is -2.56. The van der Waals surface area contributed by atoms with Gasteiger partial charge in [0.25, 0.3) is 0 Å². The van der Waals surface area contributed by atoms with Crippen LogP contribution in [0.4, 0.5) is 0 Å². The van der Waals surface area contributed by atoms with Crippen LogP contribution < -0.4 is 0 Å². The normalized spacial score (nSPS) is 30.6. The van der Waals surface area contributed by atoms with Crippen LogP contribution in [0.25, 0.3) is 0 Å². The fraction of sp³-hybridized carbons (Fsp3) is 1.00. The molecule has 2 heteroatoms. The third-order valence-corrected chi connectivity index (χ3v) is 4.31. The highest BCUT2D eigenvalue weighted by molar-refractivity contribution is 4.92. The summed E-state index contributed by atoms with van der Waals surface area (Å²) in [7, 11) is 0. The summed E-state index contributed by atoms with van der Waals surface area (Å²) in [5, 5.41) is 0. The molecule has 0 saturated carbocycles. The maximum atomic E-state index is 2.69. The smallest absolute Gasteiger partial charge is 0.0224 e. The quantitative estimate of drug-likeness (QED) is 0.666. The van der Waals surface area contributed by atoms with Gasteiger partial charge in [-0.25, -0.2) is 0 Å². The van der Waals surface area contributed by atoms with E-state index >= 15 is 0 Å². The molecule has 0 spiro atoms. The molecule has 0 N–H and O–H groups in total. The van der Waals surface area contributed by atoms with Crippen LogP contribution in [0.5, 0.6) is 0 Å². The summed E-state index contributed by atoms with van der Waals surface area (Å²) < 4.78 is 0. The summed E-state index contributed by atoms with van der Waals surface area (Å²) in [4.78, 5) is 5.38. The highest BCUT2D eigenvalue weighted by Crippen LogP contribution is 2.27. The minimum atomic E-state index is 0.411. The molecule has 0 aromatic heterocycles. The van der Waals surface area contributed by atoms with E-state index in [4.69, 9.17) is 0 Å². The first-order chi connectivity index (χ1) is 6.63. The first kappa shape index (κ1) is 10.4. The van der Waals surface area contributed by atoms with Gasteiger partial charge in [0, 0.05) is 31.2 Å². The van der Waals surface area contributed by atoms with Crippen molar-refractivity contribution in [2.45, 2.75) is 51.6 Å². The molecule has 2 nitrogen and oxygen atoms in total. The molecule has 0 amide bonds. The molecule has 14 heavy (non-hydrogen) atoms. The molecule has 0 radical (unpaired) electrons. The zero-order valence-electron chi connectivity index (χ0n) is 9.92. The highest BCUT2D eigenvalue weighted by atomic mass is 15.3. The molecule has 0 unspecified atom stereocenters. The molecule has 2 saturated heterocycles. The van der Waals surface area contributed by atoms with Gasteiger partial charge in [-0.15, -0.1) is 0 Å². The molecule has 2 fully saturated rings. The minimum absolute atomic E-state index is 0.411. The third kappa shape index (κ3) is 1.82. The number of nitrogens with zero attached hydrogens (tertiary/aromatic N) is 2. The summed E-state index contributed by atoms with van der Waals surface area (Å²) >= 11 is 0. The van der Waals surface area contributed by atoms with Crippen LogP contribution in [-0.4, -0.2) is 47.6 Å². The molecule has 0 aliphatic carbocycles. The average Bonchev–Trinajstić information content (AvgIpc) is 2.64. The summed E-state index contributed by atoms with van der Waals surface area (Å²) in [6, 6.07) is 0.870. The van der Waals surface area contributed by atoms with Crippen LogP contribution in [0.3, 0.4) is 0 Å². The SMILES string of the molecule is CCC(C)(C)N1CCN2CCC[C@H]2C1. The maximum Gasteiger partial charge on any atom is 0.0224 e. The Kier molecular flexibility index (Phi) is 2.85. The van der Waals surface area contributed by atoms with Crippen LogP contribution >= 0.6 is 0 Å². The Balaban J connectivity index is 1.97. The number of rotatable bonds is 2. The average molecular weight is 196 g/mol. The Labute approximate surface area is 88.3 Å². The van der Waals surface area contributed by atoms with Crippen molar-refractivity contribution in [3.63, 3.8) is 0 Å². The Bertz CT molecular complexity index is 200. The summed E-state index contributed by atoms with van der Waals surface area (Å²) in [5.41, 5.74) is 0.411. The second kappa shape index (κ2) is 3.82. The Morgan fingerprint density at radius 1 is 1.21 bits per heavy atom. The maximum absolute atomic E-state index is 2.69. The van der Waals surface area contributed by atoms with Gasteiger partial charge in [0.2, 0.25) is 0 Å². The van der Waals surface area contributed by atoms with E-state index in [-0.39, 0.29) is 0 Å². The molecule has 0 bridgehead atoms. The Morgan fingerprint density at radius 2 is 2.00 bits per heavy atom. The molecule has 2 heterocycles. The van der Waals surface area contributed by atoms with Gasteiger partial charge in [-0.3, -0.25) is 9.80 Å². The zero-order chi connectivity index (χ0) is 10.2. The summed E-state index contributed by atoms with van der Waals surface area (Å²) in [5.74, 6) is 0. The van der Waals surface area contributed by atoms with Crippen molar-refractivity contribution in [1.29, 1.82) is 0 Å². The van der Waals surface area contributed by atoms with Crippen LogP contribution in [0.2, 0.25) is 0 Å². The van der Waals surface area contributed by atoms with Crippen molar-refractivity contribution in [3.8, 4) is 0 Å². The highest BCUT2D eigenvalue weighted by Gasteiger charge is 2.35. The molecule has 1 atom stereocenters. The lowest BCUT2D eigenvalue weighted by Gasteiger charge is -2.45. The second-order valence-electron chi connectivity index (χ2n) is 5.44. The summed E-state index contributed by atoms with van der Waals surface area (Å²) in [6.07, 6.45) is 4.11. The van der Waals surface area contributed by atoms with Gasteiger partial charge in [-0.05, 0) is 39.7 Å². The van der Waals surface area contributed by atoms with Crippen LogP contribution in [0.15, 0.2) is 0 Å². The van der Waals surface area contributed by atoms with E-state index < -0.39 is 0 Å². The lowest BCUT2D eigenvalue weighted by atomic mass is 9.97. The van der Waals surface area contributed by atoms with E-state index in [0.29, 0.717) is 5.54 Å². The molecule has 2 rings (SSSR count). The number of fused-ring (bicyclic) bond motifs is 1. The molecule has 2 aliphatic rings. The van der Waals surface area contributed by atoms with E-state index in [1.54, 1.807) is 0 Å². The molecule has 82 valence electrons. The fourth-order valence-electron chi connectivity index (χ4n) is 2.76. The third-order valence-electron chi connectivity index (χ3n) is 4.31. The van der Waals surface area contributed by atoms with Gasteiger partial charge in [-0.2, -0.15) is 0 Å². The lowest BCUT2D eigenvalue weighted by molar-refractivity contribution is 0.0304. The van der Waals surface area contributed by atoms with Crippen molar-refractivity contribution in [2.75, 3.05) is 26.2 Å². The predicted molar refractivity (Wildman–Crippen MR) is 60.5 cm³/mol. The van der Waals surface area contributed by atoms with Gasteiger partial charge >= 0.3 is 0 Å². The van der Waals surface area contributed by atoms with Gasteiger partial charge in [-0.1, -0.05) is 6.92 Å². The van der Waals surface area contributed by atoms with E-state index in [0.717, 1.165) is 6.04 Å². The molecule has 0 aromatic rings. The summed E-state index contributed by atoms with van der Waals surface area (Å²) in [6.45, 7) is 12.3. The van der Waals surface area contributed by atoms with Gasteiger partial charge in [0.15, 0.2) is 0 Å². The first-order valence-electron chi connectivity index (χ1n) is 6.12. The van der Waals surface area contributed by atoms with Gasteiger partial charge in [0.1, 0.15) is 0 Å². The number of hydrogen-bond acceptors (Lipinski definition) is 2. The number of piperazine rings is 1. The Morgan fingerprint density at radius 3 is 2.71 bits per heavy atom. The van der Waals surface area contributed by atoms with Crippen molar-refractivity contribution < 1.29 is 0 Å². The van der Waals surface area contributed by atoms with Crippen LogP contribution in [-0.2, 0) is 0 Å². The monoisotopic (exact) mass is 196 g/mol. The molecule has 2 aliphatic heterocycles. The van der Waals surface area contributed by atoms with Gasteiger partial charge in [0.05, 0.1) is 0 Å². The second-order valence-corrected chi connectivity index (χ2v) is 5.44. The zero-order valence-corrected chi connectivity index (χ0v) is 9.92. The topological polar surface area (TPSA) is 6.48 Å². The van der Waals surface area contributed by atoms with E-state index in [1.165, 1.54) is 45.4 Å². The molecular weight excluding hydrogens is 172 g/mol. The van der Waals surface area contributed by atoms with Crippen molar-refractivity contribution in [3.05, 3.63) is 0 Å². The van der Waals surface area contributed by atoms with Crippen LogP contribution in [0.1, 0.15) is 40.0 Å². The van der Waals surface area contributed by atoms with E-state index in [2.05, 4.69) is 30.6 Å². The van der Waals surface area contributed by atoms with E-state index in [1.807, 2.05) is 0 Å². The minimum Gasteiger partial charge on any atom is -0.298 e. The fourth-order valence-corrected chi connectivity index (χ4v) is 2.76. The van der Waals surface area contributed by atoms with Crippen molar-refractivity contribution in [1.82, 2.24) is 9.80 Å². The Hall–Kier alpha value is -0.0800. The standard InChI is InChI=1S/C12H24N2/c1-4-12(2,3)14-9-8-13-7-5-6-11(13)10-14/h11H,4-10H2,1-3H3/t11-/m0/s1. The number of hydrogen-bond donors (Lipinski definition) is 0. The first-order valence-corrected chi connectivity index (χ1v) is 6.12. The van der Waals surface area contributed by atoms with Crippen LogP contribution in [0, 0.1) is 0 Å². The van der Waals surface area contributed by atoms with Crippen molar-refractivity contribution >= 4 is 0 Å². The van der Waals surface area contributed by atoms with E-state index in [9.17, 15) is 0 Å². The predicted octanol–water partition coefficient (Wildman–Crippen LogP) is 1.96. The molecule has 0 aromatic carbocycles.